The van der Waals surface area contributed by atoms with Crippen LogP contribution >= 0.6 is 0 Å². The van der Waals surface area contributed by atoms with E-state index < -0.39 is 0 Å². The first-order chi connectivity index (χ1) is 10.5. The lowest BCUT2D eigenvalue weighted by Gasteiger charge is -2.17. The van der Waals surface area contributed by atoms with E-state index in [1.54, 1.807) is 0 Å². The van der Waals surface area contributed by atoms with E-state index >= 15 is 0 Å². The highest BCUT2D eigenvalue weighted by Gasteiger charge is 2.18. The van der Waals surface area contributed by atoms with E-state index in [1.165, 1.54) is 0 Å². The second kappa shape index (κ2) is 8.15. The summed E-state index contributed by atoms with van der Waals surface area (Å²) in [5.74, 6) is 0.857. The molecule has 1 aromatic carbocycles. The molecule has 0 radical (unpaired) electrons. The van der Waals surface area contributed by atoms with Gasteiger partial charge in [0.25, 0.3) is 0 Å². The van der Waals surface area contributed by atoms with Crippen molar-refractivity contribution in [1.29, 1.82) is 0 Å². The predicted octanol–water partition coefficient (Wildman–Crippen LogP) is 1.91. The molecule has 0 bridgehead atoms. The molecule has 1 saturated heterocycles. The van der Waals surface area contributed by atoms with Crippen molar-refractivity contribution >= 4 is 5.91 Å². The third kappa shape index (κ3) is 5.31. The van der Waals surface area contributed by atoms with Gasteiger partial charge in [0.15, 0.2) is 0 Å². The van der Waals surface area contributed by atoms with Gasteiger partial charge in [-0.25, -0.2) is 0 Å². The molecule has 5 heteroatoms. The van der Waals surface area contributed by atoms with Gasteiger partial charge < -0.3 is 20.5 Å². The molecule has 2 rings (SSSR count). The maximum absolute atomic E-state index is 11.8. The molecule has 1 heterocycles. The lowest BCUT2D eigenvalue weighted by Crippen LogP contribution is -2.26. The minimum atomic E-state index is 0.0213. The van der Waals surface area contributed by atoms with Crippen molar-refractivity contribution in [3.05, 3.63) is 29.3 Å². The fourth-order valence-corrected chi connectivity index (χ4v) is 2.34. The van der Waals surface area contributed by atoms with E-state index in [9.17, 15) is 4.79 Å². The third-order valence-corrected chi connectivity index (χ3v) is 3.71. The molecule has 1 amide bonds. The first kappa shape index (κ1) is 16.8. The topological polar surface area (TPSA) is 73.6 Å². The SMILES string of the molecule is Cc1ccc(CNC(=O)CCC(C)N)c(OC2CCOC2)c1. The van der Waals surface area contributed by atoms with Crippen molar-refractivity contribution in [2.24, 2.45) is 5.73 Å². The van der Waals surface area contributed by atoms with Gasteiger partial charge in [0.05, 0.1) is 13.2 Å². The summed E-state index contributed by atoms with van der Waals surface area (Å²) in [5.41, 5.74) is 7.80. The molecular weight excluding hydrogens is 280 g/mol. The standard InChI is InChI=1S/C17H26N2O3/c1-12-3-5-14(10-19-17(20)6-4-13(2)18)16(9-12)22-15-7-8-21-11-15/h3,5,9,13,15H,4,6-8,10-11,18H2,1-2H3,(H,19,20). The second-order valence-corrected chi connectivity index (χ2v) is 6.01. The van der Waals surface area contributed by atoms with Crippen LogP contribution in [0, 0.1) is 6.92 Å². The summed E-state index contributed by atoms with van der Waals surface area (Å²) in [4.78, 5) is 11.8. The lowest BCUT2D eigenvalue weighted by atomic mass is 10.1. The Labute approximate surface area is 132 Å². The average Bonchev–Trinajstić information content (AvgIpc) is 2.97. The maximum Gasteiger partial charge on any atom is 0.220 e. The van der Waals surface area contributed by atoms with Crippen LogP contribution in [0.4, 0.5) is 0 Å². The molecule has 1 aromatic rings. The predicted molar refractivity (Wildman–Crippen MR) is 85.8 cm³/mol. The third-order valence-electron chi connectivity index (χ3n) is 3.71. The zero-order valence-corrected chi connectivity index (χ0v) is 13.4. The fourth-order valence-electron chi connectivity index (χ4n) is 2.34. The molecule has 1 aliphatic rings. The lowest BCUT2D eigenvalue weighted by molar-refractivity contribution is -0.121. The van der Waals surface area contributed by atoms with Crippen LogP contribution in [0.3, 0.4) is 0 Å². The number of aryl methyl sites for hydroxylation is 1. The minimum absolute atomic E-state index is 0.0213. The zero-order valence-electron chi connectivity index (χ0n) is 13.4. The smallest absolute Gasteiger partial charge is 0.220 e. The molecular formula is C17H26N2O3. The number of benzene rings is 1. The number of carbonyl (C=O) groups is 1. The number of hydrogen-bond donors (Lipinski definition) is 2. The van der Waals surface area contributed by atoms with Crippen LogP contribution in [0.25, 0.3) is 0 Å². The number of hydrogen-bond acceptors (Lipinski definition) is 4. The van der Waals surface area contributed by atoms with Crippen molar-refractivity contribution in [2.45, 2.75) is 51.8 Å². The van der Waals surface area contributed by atoms with Gasteiger partial charge in [0.1, 0.15) is 11.9 Å². The molecule has 0 aromatic heterocycles. The Kier molecular flexibility index (Phi) is 6.21. The monoisotopic (exact) mass is 306 g/mol. The van der Waals surface area contributed by atoms with E-state index in [1.807, 2.05) is 32.0 Å². The van der Waals surface area contributed by atoms with E-state index in [-0.39, 0.29) is 18.1 Å². The Hall–Kier alpha value is -1.59. The minimum Gasteiger partial charge on any atom is -0.488 e. The highest BCUT2D eigenvalue weighted by atomic mass is 16.5. The Morgan fingerprint density at radius 3 is 3.05 bits per heavy atom. The molecule has 2 atom stereocenters. The van der Waals surface area contributed by atoms with Gasteiger partial charge in [-0.3, -0.25) is 4.79 Å². The van der Waals surface area contributed by atoms with Gasteiger partial charge in [-0.2, -0.15) is 0 Å². The molecule has 22 heavy (non-hydrogen) atoms. The second-order valence-electron chi connectivity index (χ2n) is 6.01. The Bertz CT molecular complexity index is 497. The van der Waals surface area contributed by atoms with Gasteiger partial charge in [0.2, 0.25) is 5.91 Å². The summed E-state index contributed by atoms with van der Waals surface area (Å²) in [6.07, 6.45) is 2.17. The Morgan fingerprint density at radius 2 is 2.36 bits per heavy atom. The molecule has 5 nitrogen and oxygen atoms in total. The number of ether oxygens (including phenoxy) is 2. The number of amides is 1. The largest absolute Gasteiger partial charge is 0.488 e. The summed E-state index contributed by atoms with van der Waals surface area (Å²) >= 11 is 0. The summed E-state index contributed by atoms with van der Waals surface area (Å²) in [6.45, 7) is 5.79. The van der Waals surface area contributed by atoms with E-state index in [4.69, 9.17) is 15.2 Å². The average molecular weight is 306 g/mol. The van der Waals surface area contributed by atoms with Gasteiger partial charge in [-0.1, -0.05) is 12.1 Å². The molecule has 0 saturated carbocycles. The van der Waals surface area contributed by atoms with E-state index in [0.717, 1.165) is 29.9 Å². The van der Waals surface area contributed by atoms with Crippen LogP contribution in [0.1, 0.15) is 37.3 Å². The number of carbonyl (C=O) groups excluding carboxylic acids is 1. The van der Waals surface area contributed by atoms with Crippen molar-refractivity contribution in [1.82, 2.24) is 5.32 Å². The maximum atomic E-state index is 11.8. The summed E-state index contributed by atoms with van der Waals surface area (Å²) in [6, 6.07) is 6.10. The van der Waals surface area contributed by atoms with Crippen LogP contribution in [0.2, 0.25) is 0 Å². The Morgan fingerprint density at radius 1 is 1.55 bits per heavy atom. The quantitative estimate of drug-likeness (QED) is 0.807. The van der Waals surface area contributed by atoms with Gasteiger partial charge in [-0.05, 0) is 31.9 Å². The van der Waals surface area contributed by atoms with Crippen molar-refractivity contribution in [3.63, 3.8) is 0 Å². The molecule has 122 valence electrons. The Balaban J connectivity index is 1.92. The highest BCUT2D eigenvalue weighted by Crippen LogP contribution is 2.23. The van der Waals surface area contributed by atoms with Crippen LogP contribution in [-0.2, 0) is 16.1 Å². The first-order valence-electron chi connectivity index (χ1n) is 7.91. The number of nitrogens with two attached hydrogens (primary N) is 1. The number of rotatable bonds is 7. The van der Waals surface area contributed by atoms with Gasteiger partial charge in [0, 0.05) is 31.0 Å². The van der Waals surface area contributed by atoms with Crippen molar-refractivity contribution in [3.8, 4) is 5.75 Å². The fraction of sp³-hybridized carbons (Fsp3) is 0.588. The highest BCUT2D eigenvalue weighted by molar-refractivity contribution is 5.75. The summed E-state index contributed by atoms with van der Waals surface area (Å²) < 4.78 is 11.4. The van der Waals surface area contributed by atoms with Crippen LogP contribution in [0.15, 0.2) is 18.2 Å². The summed E-state index contributed by atoms with van der Waals surface area (Å²) in [5, 5.41) is 2.93. The van der Waals surface area contributed by atoms with Crippen molar-refractivity contribution < 1.29 is 14.3 Å². The number of nitrogens with one attached hydrogen (secondary N) is 1. The van der Waals surface area contributed by atoms with Crippen molar-refractivity contribution in [2.75, 3.05) is 13.2 Å². The molecule has 3 N–H and O–H groups in total. The van der Waals surface area contributed by atoms with E-state index in [0.29, 0.717) is 26.0 Å². The van der Waals surface area contributed by atoms with Gasteiger partial charge in [-0.15, -0.1) is 0 Å². The molecule has 2 unspecified atom stereocenters. The van der Waals surface area contributed by atoms with Crippen LogP contribution in [0.5, 0.6) is 5.75 Å². The normalized spacial score (nSPS) is 19.0. The van der Waals surface area contributed by atoms with E-state index in [2.05, 4.69) is 5.32 Å². The molecule has 1 aliphatic heterocycles. The summed E-state index contributed by atoms with van der Waals surface area (Å²) in [7, 11) is 0. The molecule has 1 fully saturated rings. The van der Waals surface area contributed by atoms with Gasteiger partial charge >= 0.3 is 0 Å². The molecule has 0 aliphatic carbocycles. The van der Waals surface area contributed by atoms with Crippen LogP contribution < -0.4 is 15.8 Å². The zero-order chi connectivity index (χ0) is 15.9. The first-order valence-corrected chi connectivity index (χ1v) is 7.91. The molecule has 0 spiro atoms. The van der Waals surface area contributed by atoms with Crippen LogP contribution in [-0.4, -0.2) is 31.3 Å².